The number of rotatable bonds is 4. The lowest BCUT2D eigenvalue weighted by Gasteiger charge is -2.12. The Bertz CT molecular complexity index is 457. The van der Waals surface area contributed by atoms with Crippen LogP contribution in [0.15, 0.2) is 29.3 Å². The fraction of sp³-hybridized carbons (Fsp3) is 0.273. The summed E-state index contributed by atoms with van der Waals surface area (Å²) in [6.07, 6.45) is -3.83. The lowest BCUT2D eigenvalue weighted by molar-refractivity contribution is -0.274. The van der Waals surface area contributed by atoms with Gasteiger partial charge in [0.15, 0.2) is 0 Å². The van der Waals surface area contributed by atoms with Crippen molar-refractivity contribution >= 4 is 33.8 Å². The first-order chi connectivity index (χ1) is 8.81. The summed E-state index contributed by atoms with van der Waals surface area (Å²) in [4.78, 5) is 3.67. The van der Waals surface area contributed by atoms with Crippen molar-refractivity contribution in [2.24, 2.45) is 4.99 Å². The summed E-state index contributed by atoms with van der Waals surface area (Å²) in [5.41, 5.74) is 0.543. The van der Waals surface area contributed by atoms with Crippen LogP contribution in [0.5, 0.6) is 5.75 Å². The fourth-order valence-electron chi connectivity index (χ4n) is 1.19. The Hall–Kier alpha value is -1.57. The van der Waals surface area contributed by atoms with Crippen molar-refractivity contribution in [3.8, 4) is 5.75 Å². The van der Waals surface area contributed by atoms with Crippen molar-refractivity contribution in [3.63, 3.8) is 0 Å². The highest BCUT2D eigenvalue weighted by Gasteiger charge is 2.30. The summed E-state index contributed by atoms with van der Waals surface area (Å²) in [5, 5.41) is 9.79. The highest BCUT2D eigenvalue weighted by Crippen LogP contribution is 2.24. The Balaban J connectivity index is 2.76. The lowest BCUT2D eigenvalue weighted by Crippen LogP contribution is -2.21. The molecule has 0 aliphatic heterocycles. The smallest absolute Gasteiger partial charge is 0.406 e. The van der Waals surface area contributed by atoms with E-state index in [1.807, 2.05) is 0 Å². The second-order valence-electron chi connectivity index (χ2n) is 3.46. The number of hydrogen-bond acceptors (Lipinski definition) is 2. The van der Waals surface area contributed by atoms with E-state index in [2.05, 4.69) is 31.0 Å². The van der Waals surface area contributed by atoms with Gasteiger partial charge in [0, 0.05) is 5.69 Å². The molecule has 0 fully saturated rings. The third-order valence-electron chi connectivity index (χ3n) is 1.94. The van der Waals surface area contributed by atoms with Crippen molar-refractivity contribution in [1.29, 1.82) is 5.41 Å². The average molecular weight is 338 g/mol. The van der Waals surface area contributed by atoms with Gasteiger partial charge in [0.05, 0.1) is 4.83 Å². The highest BCUT2D eigenvalue weighted by atomic mass is 79.9. The highest BCUT2D eigenvalue weighted by molar-refractivity contribution is 9.10. The van der Waals surface area contributed by atoms with E-state index < -0.39 is 6.36 Å². The average Bonchev–Trinajstić information content (AvgIpc) is 2.29. The summed E-state index contributed by atoms with van der Waals surface area (Å²) < 4.78 is 39.7. The zero-order valence-corrected chi connectivity index (χ0v) is 11.4. The van der Waals surface area contributed by atoms with Crippen LogP contribution in [0.2, 0.25) is 0 Å². The molecule has 0 heterocycles. The molecule has 1 aromatic carbocycles. The predicted molar refractivity (Wildman–Crippen MR) is 71.4 cm³/mol. The Kier molecular flexibility index (Phi) is 5.34. The molecule has 1 atom stereocenters. The van der Waals surface area contributed by atoms with Crippen LogP contribution >= 0.6 is 15.9 Å². The van der Waals surface area contributed by atoms with E-state index in [0.29, 0.717) is 11.5 Å². The number of amidine groups is 1. The summed E-state index contributed by atoms with van der Waals surface area (Å²) in [6.45, 7) is 1.80. The van der Waals surface area contributed by atoms with Gasteiger partial charge < -0.3 is 10.1 Å². The maximum Gasteiger partial charge on any atom is 0.573 e. The minimum Gasteiger partial charge on any atom is -0.406 e. The summed E-state index contributed by atoms with van der Waals surface area (Å²) in [7, 11) is 0. The molecule has 1 unspecified atom stereocenters. The maximum absolute atomic E-state index is 12.0. The van der Waals surface area contributed by atoms with Gasteiger partial charge in [0.25, 0.3) is 0 Å². The Morgan fingerprint density at radius 3 is 2.42 bits per heavy atom. The first-order valence-electron chi connectivity index (χ1n) is 5.15. The zero-order valence-electron chi connectivity index (χ0n) is 9.83. The third-order valence-corrected chi connectivity index (χ3v) is 2.37. The summed E-state index contributed by atoms with van der Waals surface area (Å²) in [5.74, 6) is 0.176. The second-order valence-corrected chi connectivity index (χ2v) is 4.83. The number of hydrogen-bond donors (Lipinski definition) is 2. The number of nitrogens with zero attached hydrogens (tertiary/aromatic N) is 1. The summed E-state index contributed by atoms with van der Waals surface area (Å²) >= 11 is 3.28. The van der Waals surface area contributed by atoms with Gasteiger partial charge in [0.1, 0.15) is 17.9 Å². The van der Waals surface area contributed by atoms with Gasteiger partial charge in [-0.25, -0.2) is 4.99 Å². The van der Waals surface area contributed by atoms with Gasteiger partial charge in [-0.15, -0.1) is 13.2 Å². The molecule has 1 rings (SSSR count). The number of alkyl halides is 4. The summed E-state index contributed by atoms with van der Waals surface area (Å²) in [6, 6.07) is 5.24. The Morgan fingerprint density at radius 1 is 1.42 bits per heavy atom. The van der Waals surface area contributed by atoms with Crippen LogP contribution in [0.4, 0.5) is 18.9 Å². The molecule has 0 aromatic heterocycles. The van der Waals surface area contributed by atoms with E-state index in [0.717, 1.165) is 6.34 Å². The van der Waals surface area contributed by atoms with E-state index in [1.165, 1.54) is 24.3 Å². The largest absolute Gasteiger partial charge is 0.573 e. The van der Waals surface area contributed by atoms with E-state index in [1.54, 1.807) is 6.92 Å². The van der Waals surface area contributed by atoms with Gasteiger partial charge in [-0.1, -0.05) is 15.9 Å². The quantitative estimate of drug-likeness (QED) is 0.499. The second kappa shape index (κ2) is 6.55. The van der Waals surface area contributed by atoms with Crippen LogP contribution in [0, 0.1) is 5.41 Å². The molecular formula is C11H11BrF3N3O. The fourth-order valence-corrected chi connectivity index (χ4v) is 1.42. The molecule has 19 heavy (non-hydrogen) atoms. The SMILES string of the molecule is CC(Br)/C(=N/C=N)Nc1ccc(OC(F)(F)F)cc1. The van der Waals surface area contributed by atoms with Gasteiger partial charge in [0.2, 0.25) is 0 Å². The number of anilines is 1. The van der Waals surface area contributed by atoms with E-state index in [4.69, 9.17) is 5.41 Å². The van der Waals surface area contributed by atoms with Crippen molar-refractivity contribution in [3.05, 3.63) is 24.3 Å². The maximum atomic E-state index is 12.0. The van der Waals surface area contributed by atoms with Gasteiger partial charge >= 0.3 is 6.36 Å². The molecule has 0 amide bonds. The number of benzene rings is 1. The predicted octanol–water partition coefficient (Wildman–Crippen LogP) is 3.79. The molecule has 1 aromatic rings. The Morgan fingerprint density at radius 2 is 2.00 bits per heavy atom. The molecule has 4 nitrogen and oxygen atoms in total. The van der Waals surface area contributed by atoms with Gasteiger partial charge in [-0.3, -0.25) is 5.41 Å². The number of ether oxygens (including phenoxy) is 1. The molecule has 2 N–H and O–H groups in total. The molecule has 0 bridgehead atoms. The van der Waals surface area contributed by atoms with E-state index in [-0.39, 0.29) is 10.6 Å². The first-order valence-corrected chi connectivity index (χ1v) is 6.07. The van der Waals surface area contributed by atoms with Crippen LogP contribution in [0.25, 0.3) is 0 Å². The lowest BCUT2D eigenvalue weighted by atomic mass is 10.3. The van der Waals surface area contributed by atoms with Crippen LogP contribution in [0.3, 0.4) is 0 Å². The van der Waals surface area contributed by atoms with Crippen LogP contribution in [-0.4, -0.2) is 23.4 Å². The topological polar surface area (TPSA) is 57.5 Å². The van der Waals surface area contributed by atoms with Crippen LogP contribution < -0.4 is 10.1 Å². The molecular weight excluding hydrogens is 327 g/mol. The minimum atomic E-state index is -4.70. The third kappa shape index (κ3) is 5.73. The minimum absolute atomic E-state index is 0.125. The number of aliphatic imine (C=N–C) groups is 1. The first kappa shape index (κ1) is 15.5. The number of halogens is 4. The molecule has 0 saturated heterocycles. The van der Waals surface area contributed by atoms with Gasteiger partial charge in [-0.05, 0) is 31.2 Å². The molecule has 0 aliphatic carbocycles. The van der Waals surface area contributed by atoms with Crippen LogP contribution in [-0.2, 0) is 0 Å². The molecule has 0 saturated carbocycles. The van der Waals surface area contributed by atoms with Crippen molar-refractivity contribution in [2.75, 3.05) is 5.32 Å². The van der Waals surface area contributed by atoms with E-state index >= 15 is 0 Å². The standard InChI is InChI=1S/C11H11BrF3N3O/c1-7(12)10(17-6-16)18-8-2-4-9(5-3-8)19-11(13,14)15/h2-7H,1H3,(H2,16,17,18). The van der Waals surface area contributed by atoms with Crippen molar-refractivity contribution in [2.45, 2.75) is 18.1 Å². The molecule has 0 aliphatic rings. The molecule has 104 valence electrons. The van der Waals surface area contributed by atoms with Gasteiger partial charge in [-0.2, -0.15) is 0 Å². The van der Waals surface area contributed by atoms with Crippen LogP contribution in [0.1, 0.15) is 6.92 Å². The number of nitrogens with one attached hydrogen (secondary N) is 2. The van der Waals surface area contributed by atoms with E-state index in [9.17, 15) is 13.2 Å². The molecule has 0 spiro atoms. The Labute approximate surface area is 116 Å². The zero-order chi connectivity index (χ0) is 14.5. The normalized spacial score (nSPS) is 13.8. The molecule has 0 radical (unpaired) electrons. The van der Waals surface area contributed by atoms with Crippen molar-refractivity contribution < 1.29 is 17.9 Å². The monoisotopic (exact) mass is 337 g/mol. The molecule has 8 heteroatoms. The van der Waals surface area contributed by atoms with Crippen molar-refractivity contribution in [1.82, 2.24) is 0 Å².